The summed E-state index contributed by atoms with van der Waals surface area (Å²) >= 11 is 0. The molecule has 4 atom stereocenters. The fourth-order valence-electron chi connectivity index (χ4n) is 4.93. The second kappa shape index (κ2) is 4.43. The van der Waals surface area contributed by atoms with Crippen LogP contribution in [0.3, 0.4) is 0 Å². The molecule has 2 heteroatoms. The molecule has 0 aliphatic heterocycles. The number of rotatable bonds is 2. The molecular formula is C17H28O2. The molecule has 2 rings (SSSR count). The van der Waals surface area contributed by atoms with Crippen LogP contribution in [0.25, 0.3) is 0 Å². The third-order valence-corrected chi connectivity index (χ3v) is 6.46. The molecule has 2 fully saturated rings. The molecule has 0 bridgehead atoms. The van der Waals surface area contributed by atoms with Gasteiger partial charge >= 0.3 is 0 Å². The van der Waals surface area contributed by atoms with Gasteiger partial charge in [-0.1, -0.05) is 34.6 Å². The highest BCUT2D eigenvalue weighted by molar-refractivity contribution is 5.90. The second-order valence-electron chi connectivity index (χ2n) is 8.03. The molecule has 0 aromatic heterocycles. The number of carbonyl (C=O) groups is 2. The van der Waals surface area contributed by atoms with Crippen molar-refractivity contribution in [3.63, 3.8) is 0 Å². The van der Waals surface area contributed by atoms with Crippen LogP contribution < -0.4 is 0 Å². The van der Waals surface area contributed by atoms with Gasteiger partial charge in [0.2, 0.25) is 0 Å². The molecule has 2 nitrogen and oxygen atoms in total. The quantitative estimate of drug-likeness (QED) is 0.758. The van der Waals surface area contributed by atoms with E-state index >= 15 is 0 Å². The topological polar surface area (TPSA) is 34.1 Å². The van der Waals surface area contributed by atoms with Gasteiger partial charge in [0.05, 0.1) is 0 Å². The van der Waals surface area contributed by atoms with Crippen molar-refractivity contribution in [3.05, 3.63) is 0 Å². The zero-order chi connectivity index (χ0) is 14.6. The predicted octanol–water partition coefficient (Wildman–Crippen LogP) is 3.88. The summed E-state index contributed by atoms with van der Waals surface area (Å²) < 4.78 is 0. The fourth-order valence-corrected chi connectivity index (χ4v) is 4.93. The van der Waals surface area contributed by atoms with Gasteiger partial charge in [0.1, 0.15) is 11.6 Å². The van der Waals surface area contributed by atoms with Gasteiger partial charge in [-0.15, -0.1) is 0 Å². The molecule has 0 amide bonds. The van der Waals surface area contributed by atoms with Crippen LogP contribution in [-0.4, -0.2) is 11.6 Å². The second-order valence-corrected chi connectivity index (χ2v) is 8.03. The molecule has 2 aliphatic carbocycles. The lowest BCUT2D eigenvalue weighted by molar-refractivity contribution is -0.137. The molecular weight excluding hydrogens is 236 g/mol. The van der Waals surface area contributed by atoms with Gasteiger partial charge in [0.15, 0.2) is 0 Å². The Morgan fingerprint density at radius 3 is 2.26 bits per heavy atom. The van der Waals surface area contributed by atoms with Crippen molar-refractivity contribution in [1.29, 1.82) is 0 Å². The zero-order valence-corrected chi connectivity index (χ0v) is 13.2. The Morgan fingerprint density at radius 2 is 1.74 bits per heavy atom. The summed E-state index contributed by atoms with van der Waals surface area (Å²) in [5.41, 5.74) is 0.283. The summed E-state index contributed by atoms with van der Waals surface area (Å²) in [5, 5.41) is 0. The molecule has 2 saturated carbocycles. The smallest absolute Gasteiger partial charge is 0.140 e. The van der Waals surface area contributed by atoms with E-state index in [9.17, 15) is 9.59 Å². The summed E-state index contributed by atoms with van der Waals surface area (Å²) in [7, 11) is 0. The van der Waals surface area contributed by atoms with Crippen molar-refractivity contribution in [3.8, 4) is 0 Å². The molecule has 4 unspecified atom stereocenters. The van der Waals surface area contributed by atoms with Crippen LogP contribution in [0.1, 0.15) is 60.8 Å². The Balaban J connectivity index is 2.32. The van der Waals surface area contributed by atoms with E-state index in [1.54, 1.807) is 6.92 Å². The van der Waals surface area contributed by atoms with E-state index in [1.807, 2.05) is 0 Å². The number of hydrogen-bond donors (Lipinski definition) is 0. The Morgan fingerprint density at radius 1 is 1.16 bits per heavy atom. The molecule has 2 aliphatic rings. The van der Waals surface area contributed by atoms with Gasteiger partial charge in [-0.25, -0.2) is 0 Å². The van der Waals surface area contributed by atoms with Gasteiger partial charge in [0.25, 0.3) is 0 Å². The number of hydrogen-bond acceptors (Lipinski definition) is 2. The van der Waals surface area contributed by atoms with Crippen molar-refractivity contribution < 1.29 is 9.59 Å². The highest BCUT2D eigenvalue weighted by atomic mass is 16.1. The van der Waals surface area contributed by atoms with Gasteiger partial charge in [-0.05, 0) is 42.4 Å². The molecule has 0 aromatic rings. The van der Waals surface area contributed by atoms with Crippen LogP contribution in [0.2, 0.25) is 0 Å². The van der Waals surface area contributed by atoms with Crippen molar-refractivity contribution in [2.24, 2.45) is 34.5 Å². The largest absolute Gasteiger partial charge is 0.300 e. The summed E-state index contributed by atoms with van der Waals surface area (Å²) in [6.45, 7) is 13.0. The zero-order valence-electron chi connectivity index (χ0n) is 13.2. The van der Waals surface area contributed by atoms with E-state index < -0.39 is 0 Å². The molecule has 0 aromatic carbocycles. The first-order valence-electron chi connectivity index (χ1n) is 7.63. The van der Waals surface area contributed by atoms with Crippen molar-refractivity contribution >= 4 is 11.6 Å². The van der Waals surface area contributed by atoms with E-state index in [4.69, 9.17) is 0 Å². The van der Waals surface area contributed by atoms with E-state index in [-0.39, 0.29) is 28.4 Å². The van der Waals surface area contributed by atoms with Crippen LogP contribution in [0.4, 0.5) is 0 Å². The maximum atomic E-state index is 12.8. The lowest BCUT2D eigenvalue weighted by Crippen LogP contribution is -2.41. The maximum absolute atomic E-state index is 12.8. The van der Waals surface area contributed by atoms with Crippen LogP contribution >= 0.6 is 0 Å². The van der Waals surface area contributed by atoms with Crippen LogP contribution in [-0.2, 0) is 9.59 Å². The maximum Gasteiger partial charge on any atom is 0.140 e. The first-order chi connectivity index (χ1) is 8.60. The minimum absolute atomic E-state index is 0.0147. The molecule has 19 heavy (non-hydrogen) atoms. The molecule has 0 heterocycles. The molecule has 0 N–H and O–H groups in total. The number of Topliss-reactive ketones (excluding diaryl/α,β-unsaturated/α-hetero) is 2. The van der Waals surface area contributed by atoms with Crippen molar-refractivity contribution in [2.75, 3.05) is 0 Å². The Bertz CT molecular complexity index is 405. The first kappa shape index (κ1) is 14.7. The van der Waals surface area contributed by atoms with Gasteiger partial charge < -0.3 is 4.79 Å². The summed E-state index contributed by atoms with van der Waals surface area (Å²) in [5.74, 6) is 1.69. The number of carbonyl (C=O) groups excluding carboxylic acids is 2. The number of fused-ring (bicyclic) bond motifs is 1. The van der Waals surface area contributed by atoms with Crippen LogP contribution in [0.5, 0.6) is 0 Å². The Labute approximate surface area is 117 Å². The van der Waals surface area contributed by atoms with E-state index in [0.717, 1.165) is 12.8 Å². The first-order valence-corrected chi connectivity index (χ1v) is 7.63. The highest BCUT2D eigenvalue weighted by Crippen LogP contribution is 2.64. The minimum Gasteiger partial charge on any atom is -0.300 e. The average molecular weight is 264 g/mol. The monoisotopic (exact) mass is 264 g/mol. The molecule has 0 radical (unpaired) electrons. The van der Waals surface area contributed by atoms with Crippen molar-refractivity contribution in [1.82, 2.24) is 0 Å². The Kier molecular flexibility index (Phi) is 3.43. The fraction of sp³-hybridized carbons (Fsp3) is 0.882. The molecule has 108 valence electrons. The number of ketones is 2. The SMILES string of the molecule is CC(=O)CC1CCC2C(C1=O)C(C)(C)C(C)C2(C)C. The molecule has 0 saturated heterocycles. The van der Waals surface area contributed by atoms with Gasteiger partial charge in [-0.3, -0.25) is 4.79 Å². The third kappa shape index (κ3) is 2.08. The standard InChI is InChI=1S/C17H28O2/c1-10(18)9-12-7-8-13-14(15(12)19)17(5,6)11(2)16(13,3)4/h11-14H,7-9H2,1-6H3. The van der Waals surface area contributed by atoms with Crippen molar-refractivity contribution in [2.45, 2.75) is 60.8 Å². The van der Waals surface area contributed by atoms with Gasteiger partial charge in [-0.2, -0.15) is 0 Å². The van der Waals surface area contributed by atoms with E-state index in [2.05, 4.69) is 34.6 Å². The lowest BCUT2D eigenvalue weighted by atomic mass is 9.64. The third-order valence-electron chi connectivity index (χ3n) is 6.46. The normalized spacial score (nSPS) is 40.0. The van der Waals surface area contributed by atoms with Crippen LogP contribution in [0.15, 0.2) is 0 Å². The van der Waals surface area contributed by atoms with E-state index in [1.165, 1.54) is 0 Å². The van der Waals surface area contributed by atoms with Gasteiger partial charge in [0, 0.05) is 18.3 Å². The molecule has 0 spiro atoms. The Hall–Kier alpha value is -0.660. The summed E-state index contributed by atoms with van der Waals surface area (Å²) in [6.07, 6.45) is 2.47. The van der Waals surface area contributed by atoms with Crippen LogP contribution in [0, 0.1) is 34.5 Å². The lowest BCUT2D eigenvalue weighted by Gasteiger charge is -2.38. The highest BCUT2D eigenvalue weighted by Gasteiger charge is 2.61. The summed E-state index contributed by atoms with van der Waals surface area (Å²) in [6, 6.07) is 0. The summed E-state index contributed by atoms with van der Waals surface area (Å²) in [4.78, 5) is 24.2. The van der Waals surface area contributed by atoms with E-state index in [0.29, 0.717) is 24.0 Å². The minimum atomic E-state index is -0.0147. The average Bonchev–Trinajstić information content (AvgIpc) is 2.41. The predicted molar refractivity (Wildman–Crippen MR) is 76.7 cm³/mol.